The third-order valence-corrected chi connectivity index (χ3v) is 2.59. The summed E-state index contributed by atoms with van der Waals surface area (Å²) in [5.41, 5.74) is 5.28. The van der Waals surface area contributed by atoms with Crippen molar-refractivity contribution in [2.75, 3.05) is 5.75 Å². The molecule has 0 aromatic carbocycles. The molecule has 0 spiro atoms. The molecule has 4 nitrogen and oxygen atoms in total. The topological polar surface area (TPSA) is 80.4 Å². The summed E-state index contributed by atoms with van der Waals surface area (Å²) in [6.45, 7) is 3.14. The minimum atomic E-state index is -0.889. The largest absolute Gasteiger partial charge is 0.481 e. The molecule has 0 aliphatic rings. The van der Waals surface area contributed by atoms with Gasteiger partial charge in [-0.05, 0) is 6.92 Å². The normalized spacial score (nSPS) is 15.2. The van der Waals surface area contributed by atoms with Gasteiger partial charge in [0, 0.05) is 5.75 Å². The minimum Gasteiger partial charge on any atom is -0.481 e. The molecule has 1 unspecified atom stereocenters. The van der Waals surface area contributed by atoms with Crippen molar-refractivity contribution in [3.05, 3.63) is 0 Å². The van der Waals surface area contributed by atoms with Crippen molar-refractivity contribution >= 4 is 22.8 Å². The quantitative estimate of drug-likeness (QED) is 0.668. The van der Waals surface area contributed by atoms with Crippen molar-refractivity contribution in [1.82, 2.24) is 0 Å². The van der Waals surface area contributed by atoms with E-state index in [4.69, 9.17) is 10.8 Å². The number of hydrogen-bond donors (Lipinski definition) is 2. The highest BCUT2D eigenvalue weighted by atomic mass is 32.2. The maximum atomic E-state index is 10.9. The smallest absolute Gasteiger partial charge is 0.307 e. The molecule has 12 heavy (non-hydrogen) atoms. The third kappa shape index (κ3) is 4.35. The average Bonchev–Trinajstić information content (AvgIpc) is 1.98. The molecule has 0 saturated heterocycles. The molecule has 0 aromatic heterocycles. The monoisotopic (exact) mass is 191 g/mol. The first-order valence-electron chi connectivity index (χ1n) is 3.60. The van der Waals surface area contributed by atoms with Crippen LogP contribution in [0.4, 0.5) is 0 Å². The van der Waals surface area contributed by atoms with Crippen molar-refractivity contribution < 1.29 is 14.7 Å². The maximum absolute atomic E-state index is 10.9. The molecule has 5 heteroatoms. The Bertz CT molecular complexity index is 181. The van der Waals surface area contributed by atoms with Gasteiger partial charge in [-0.2, -0.15) is 0 Å². The van der Waals surface area contributed by atoms with Crippen LogP contribution in [0, 0.1) is 5.92 Å². The Labute approximate surface area is 75.5 Å². The van der Waals surface area contributed by atoms with Crippen molar-refractivity contribution in [3.8, 4) is 0 Å². The van der Waals surface area contributed by atoms with Gasteiger partial charge in [-0.15, -0.1) is 0 Å². The molecule has 0 aromatic rings. The second-order valence-electron chi connectivity index (χ2n) is 2.66. The summed E-state index contributed by atoms with van der Waals surface area (Å²) in [6.07, 6.45) is 0. The van der Waals surface area contributed by atoms with Crippen LogP contribution >= 0.6 is 11.8 Å². The van der Waals surface area contributed by atoms with Crippen LogP contribution in [0.25, 0.3) is 0 Å². The van der Waals surface area contributed by atoms with Crippen LogP contribution in [0.2, 0.25) is 0 Å². The lowest BCUT2D eigenvalue weighted by atomic mass is 10.2. The molecule has 0 rings (SSSR count). The van der Waals surface area contributed by atoms with Gasteiger partial charge in [0.1, 0.15) is 0 Å². The van der Waals surface area contributed by atoms with E-state index in [1.807, 2.05) is 0 Å². The molecule has 0 amide bonds. The summed E-state index contributed by atoms with van der Waals surface area (Å²) in [7, 11) is 0. The molecule has 0 aliphatic heterocycles. The number of hydrogen-bond acceptors (Lipinski definition) is 4. The van der Waals surface area contributed by atoms with Crippen molar-refractivity contribution in [2.45, 2.75) is 19.9 Å². The van der Waals surface area contributed by atoms with Gasteiger partial charge in [-0.25, -0.2) is 0 Å². The number of aliphatic carboxylic acids is 1. The highest BCUT2D eigenvalue weighted by Crippen LogP contribution is 2.10. The van der Waals surface area contributed by atoms with Gasteiger partial charge in [-0.3, -0.25) is 9.59 Å². The zero-order valence-corrected chi connectivity index (χ0v) is 7.93. The van der Waals surface area contributed by atoms with Crippen LogP contribution in [0.5, 0.6) is 0 Å². The predicted octanol–water partition coefficient (Wildman–Crippen LogP) is 0.314. The van der Waals surface area contributed by atoms with Gasteiger partial charge in [0.05, 0.1) is 12.0 Å². The lowest BCUT2D eigenvalue weighted by Crippen LogP contribution is -2.25. The van der Waals surface area contributed by atoms with Gasteiger partial charge >= 0.3 is 5.97 Å². The van der Waals surface area contributed by atoms with Crippen molar-refractivity contribution in [1.29, 1.82) is 0 Å². The van der Waals surface area contributed by atoms with E-state index < -0.39 is 17.9 Å². The van der Waals surface area contributed by atoms with E-state index in [2.05, 4.69) is 0 Å². The molecule has 0 radical (unpaired) electrons. The van der Waals surface area contributed by atoms with Crippen LogP contribution in [0.15, 0.2) is 0 Å². The molecular weight excluding hydrogens is 178 g/mol. The summed E-state index contributed by atoms with van der Waals surface area (Å²) in [5.74, 6) is -1.10. The summed E-state index contributed by atoms with van der Waals surface area (Å²) in [6, 6.07) is -0.518. The van der Waals surface area contributed by atoms with Crippen LogP contribution < -0.4 is 5.73 Å². The molecule has 3 N–H and O–H groups in total. The molecular formula is C7H13NO3S. The van der Waals surface area contributed by atoms with Gasteiger partial charge in [0.2, 0.25) is 5.12 Å². The van der Waals surface area contributed by atoms with E-state index in [9.17, 15) is 9.59 Å². The molecule has 0 bridgehead atoms. The third-order valence-electron chi connectivity index (χ3n) is 1.27. The molecule has 0 fully saturated rings. The number of thioether (sulfide) groups is 1. The highest BCUT2D eigenvalue weighted by molar-refractivity contribution is 8.13. The number of carbonyl (C=O) groups is 2. The number of carboxylic acid groups (broad SMARTS) is 1. The Morgan fingerprint density at radius 1 is 1.50 bits per heavy atom. The number of carbonyl (C=O) groups excluding carboxylic acids is 1. The van der Waals surface area contributed by atoms with Crippen LogP contribution in [0.3, 0.4) is 0 Å². The molecule has 0 heterocycles. The maximum Gasteiger partial charge on any atom is 0.307 e. The Morgan fingerprint density at radius 2 is 2.00 bits per heavy atom. The van der Waals surface area contributed by atoms with E-state index in [1.54, 1.807) is 13.8 Å². The predicted molar refractivity (Wildman–Crippen MR) is 47.9 cm³/mol. The highest BCUT2D eigenvalue weighted by Gasteiger charge is 2.15. The fourth-order valence-electron chi connectivity index (χ4n) is 0.410. The summed E-state index contributed by atoms with van der Waals surface area (Å²) in [4.78, 5) is 21.2. The number of nitrogens with two attached hydrogens (primary N) is 1. The van der Waals surface area contributed by atoms with Crippen molar-refractivity contribution in [2.24, 2.45) is 11.7 Å². The van der Waals surface area contributed by atoms with Gasteiger partial charge in [0.25, 0.3) is 0 Å². The SMILES string of the molecule is CC(CSC(=O)[C@@H](C)N)C(=O)O. The fraction of sp³-hybridized carbons (Fsp3) is 0.714. The summed E-state index contributed by atoms with van der Waals surface area (Å²) < 4.78 is 0. The van der Waals surface area contributed by atoms with E-state index in [1.165, 1.54) is 0 Å². The Balaban J connectivity index is 3.69. The fourth-order valence-corrected chi connectivity index (χ4v) is 1.23. The second-order valence-corrected chi connectivity index (χ2v) is 3.68. The summed E-state index contributed by atoms with van der Waals surface area (Å²) >= 11 is 0.976. The van der Waals surface area contributed by atoms with E-state index in [0.29, 0.717) is 0 Å². The zero-order valence-electron chi connectivity index (χ0n) is 7.11. The van der Waals surface area contributed by atoms with E-state index in [-0.39, 0.29) is 10.9 Å². The van der Waals surface area contributed by atoms with Gasteiger partial charge in [0.15, 0.2) is 0 Å². The van der Waals surface area contributed by atoms with Crippen molar-refractivity contribution in [3.63, 3.8) is 0 Å². The first-order valence-corrected chi connectivity index (χ1v) is 4.58. The van der Waals surface area contributed by atoms with Crippen LogP contribution in [-0.4, -0.2) is 28.0 Å². The lowest BCUT2D eigenvalue weighted by molar-refractivity contribution is -0.140. The lowest BCUT2D eigenvalue weighted by Gasteiger charge is -2.06. The average molecular weight is 191 g/mol. The van der Waals surface area contributed by atoms with E-state index >= 15 is 0 Å². The number of rotatable bonds is 4. The first kappa shape index (κ1) is 11.4. The molecule has 70 valence electrons. The zero-order chi connectivity index (χ0) is 9.72. The second kappa shape index (κ2) is 5.16. The van der Waals surface area contributed by atoms with Crippen LogP contribution in [0.1, 0.15) is 13.8 Å². The Morgan fingerprint density at radius 3 is 2.33 bits per heavy atom. The van der Waals surface area contributed by atoms with Gasteiger partial charge in [-0.1, -0.05) is 18.7 Å². The molecule has 2 atom stereocenters. The summed E-state index contributed by atoms with van der Waals surface area (Å²) in [5, 5.41) is 8.31. The Hall–Kier alpha value is -0.550. The minimum absolute atomic E-state index is 0.164. The molecule has 0 saturated carbocycles. The first-order chi connectivity index (χ1) is 5.45. The molecule has 0 aliphatic carbocycles. The number of carboxylic acids is 1. The Kier molecular flexibility index (Phi) is 4.92. The van der Waals surface area contributed by atoms with E-state index in [0.717, 1.165) is 11.8 Å². The standard InChI is InChI=1S/C7H13NO3S/c1-4(6(9)10)3-12-7(11)5(2)8/h4-5H,3,8H2,1-2H3,(H,9,10)/t4?,5-/m1/s1. The van der Waals surface area contributed by atoms with Gasteiger partial charge < -0.3 is 10.8 Å². The van der Waals surface area contributed by atoms with Crippen LogP contribution in [-0.2, 0) is 9.59 Å².